The molecular formula is C13H8BrFN2O3. The quantitative estimate of drug-likeness (QED) is 0.684. The minimum Gasteiger partial charge on any atom is -0.314 e. The van der Waals surface area contributed by atoms with Crippen LogP contribution in [0.25, 0.3) is 0 Å². The molecule has 0 heterocycles. The molecule has 0 unspecified atom stereocenters. The number of halogens is 2. The van der Waals surface area contributed by atoms with Gasteiger partial charge in [0, 0.05) is 16.1 Å². The number of rotatable bonds is 3. The predicted molar refractivity (Wildman–Crippen MR) is 75.1 cm³/mol. The molecule has 0 aromatic heterocycles. The average molecular weight is 339 g/mol. The standard InChI is InChI=1S/C13H8BrFN2O3/c14-9-6-4-8(5-7-9)13(18)16-12-10(15)2-1-3-11(12)17(19)20/h1-7H,(H,16,18). The first-order valence-corrected chi connectivity index (χ1v) is 6.28. The molecule has 0 aliphatic rings. The van der Waals surface area contributed by atoms with Crippen molar-refractivity contribution in [1.82, 2.24) is 0 Å². The van der Waals surface area contributed by atoms with Gasteiger partial charge < -0.3 is 5.32 Å². The molecule has 0 bridgehead atoms. The van der Waals surface area contributed by atoms with Crippen LogP contribution in [-0.4, -0.2) is 10.8 Å². The number of nitrogens with zero attached hydrogens (tertiary/aromatic N) is 1. The van der Waals surface area contributed by atoms with Gasteiger partial charge in [0.15, 0.2) is 11.5 Å². The van der Waals surface area contributed by atoms with E-state index in [2.05, 4.69) is 21.2 Å². The average Bonchev–Trinajstić information content (AvgIpc) is 2.41. The number of carbonyl (C=O) groups is 1. The predicted octanol–water partition coefficient (Wildman–Crippen LogP) is 3.75. The number of hydrogen-bond acceptors (Lipinski definition) is 3. The van der Waals surface area contributed by atoms with Crippen molar-refractivity contribution in [1.29, 1.82) is 0 Å². The Bertz CT molecular complexity index is 674. The van der Waals surface area contributed by atoms with Gasteiger partial charge in [0.1, 0.15) is 0 Å². The highest BCUT2D eigenvalue weighted by Crippen LogP contribution is 2.27. The van der Waals surface area contributed by atoms with Gasteiger partial charge >= 0.3 is 0 Å². The number of carbonyl (C=O) groups excluding carboxylic acids is 1. The molecule has 2 rings (SSSR count). The van der Waals surface area contributed by atoms with E-state index in [1.165, 1.54) is 18.2 Å². The fourth-order valence-corrected chi connectivity index (χ4v) is 1.84. The number of anilines is 1. The fraction of sp³-hybridized carbons (Fsp3) is 0. The fourth-order valence-electron chi connectivity index (χ4n) is 1.58. The van der Waals surface area contributed by atoms with Gasteiger partial charge in [-0.25, -0.2) is 4.39 Å². The van der Waals surface area contributed by atoms with Crippen LogP contribution in [0, 0.1) is 15.9 Å². The summed E-state index contributed by atoms with van der Waals surface area (Å²) in [5, 5.41) is 13.0. The molecule has 102 valence electrons. The number of hydrogen-bond donors (Lipinski definition) is 1. The first kappa shape index (κ1) is 14.1. The summed E-state index contributed by atoms with van der Waals surface area (Å²) in [6.45, 7) is 0. The second kappa shape index (κ2) is 5.79. The third kappa shape index (κ3) is 3.00. The van der Waals surface area contributed by atoms with Gasteiger partial charge in [-0.2, -0.15) is 0 Å². The third-order valence-electron chi connectivity index (χ3n) is 2.53. The van der Waals surface area contributed by atoms with Crippen LogP contribution >= 0.6 is 15.9 Å². The highest BCUT2D eigenvalue weighted by atomic mass is 79.9. The number of amides is 1. The molecule has 2 aromatic rings. The Morgan fingerprint density at radius 1 is 1.20 bits per heavy atom. The number of nitro groups is 1. The zero-order chi connectivity index (χ0) is 14.7. The monoisotopic (exact) mass is 338 g/mol. The molecule has 0 radical (unpaired) electrons. The van der Waals surface area contributed by atoms with Crippen LogP contribution in [0.3, 0.4) is 0 Å². The van der Waals surface area contributed by atoms with Crippen molar-refractivity contribution in [2.75, 3.05) is 5.32 Å². The highest BCUT2D eigenvalue weighted by Gasteiger charge is 2.20. The summed E-state index contributed by atoms with van der Waals surface area (Å²) >= 11 is 3.22. The lowest BCUT2D eigenvalue weighted by Crippen LogP contribution is -2.14. The van der Waals surface area contributed by atoms with Crippen LogP contribution in [0.1, 0.15) is 10.4 Å². The van der Waals surface area contributed by atoms with Gasteiger partial charge in [0.05, 0.1) is 4.92 Å². The summed E-state index contributed by atoms with van der Waals surface area (Å²) < 4.78 is 14.4. The molecule has 0 aliphatic heterocycles. The Morgan fingerprint density at radius 3 is 2.45 bits per heavy atom. The zero-order valence-corrected chi connectivity index (χ0v) is 11.6. The van der Waals surface area contributed by atoms with Gasteiger partial charge in [-0.05, 0) is 30.3 Å². The Morgan fingerprint density at radius 2 is 1.85 bits per heavy atom. The van der Waals surface area contributed by atoms with Gasteiger partial charge in [-0.15, -0.1) is 0 Å². The van der Waals surface area contributed by atoms with Crippen molar-refractivity contribution in [3.05, 3.63) is 68.4 Å². The van der Waals surface area contributed by atoms with Gasteiger partial charge in [0.25, 0.3) is 11.6 Å². The van der Waals surface area contributed by atoms with E-state index in [-0.39, 0.29) is 5.56 Å². The molecule has 5 nitrogen and oxygen atoms in total. The number of benzene rings is 2. The smallest absolute Gasteiger partial charge is 0.295 e. The van der Waals surface area contributed by atoms with Gasteiger partial charge in [-0.3, -0.25) is 14.9 Å². The van der Waals surface area contributed by atoms with Crippen molar-refractivity contribution < 1.29 is 14.1 Å². The topological polar surface area (TPSA) is 72.2 Å². The molecule has 0 aliphatic carbocycles. The second-order valence-corrected chi connectivity index (χ2v) is 4.77. The molecule has 2 aromatic carbocycles. The maximum Gasteiger partial charge on any atom is 0.295 e. The normalized spacial score (nSPS) is 10.1. The molecule has 1 amide bonds. The van der Waals surface area contributed by atoms with E-state index in [0.29, 0.717) is 0 Å². The van der Waals surface area contributed by atoms with Crippen molar-refractivity contribution in [2.45, 2.75) is 0 Å². The molecule has 20 heavy (non-hydrogen) atoms. The minimum absolute atomic E-state index is 0.269. The largest absolute Gasteiger partial charge is 0.314 e. The summed E-state index contributed by atoms with van der Waals surface area (Å²) in [6.07, 6.45) is 0. The lowest BCUT2D eigenvalue weighted by molar-refractivity contribution is -0.384. The van der Waals surface area contributed by atoms with E-state index >= 15 is 0 Å². The molecule has 0 spiro atoms. The minimum atomic E-state index is -0.857. The summed E-state index contributed by atoms with van der Waals surface area (Å²) in [6, 6.07) is 9.71. The number of nitrogens with one attached hydrogen (secondary N) is 1. The maximum absolute atomic E-state index is 13.6. The summed E-state index contributed by atoms with van der Waals surface area (Å²) in [7, 11) is 0. The first-order chi connectivity index (χ1) is 9.49. The Hall–Kier alpha value is -2.28. The first-order valence-electron chi connectivity index (χ1n) is 5.49. The molecule has 0 saturated carbocycles. The lowest BCUT2D eigenvalue weighted by Gasteiger charge is -2.07. The van der Waals surface area contributed by atoms with Crippen molar-refractivity contribution in [3.8, 4) is 0 Å². The van der Waals surface area contributed by atoms with Crippen molar-refractivity contribution >= 4 is 33.2 Å². The van der Waals surface area contributed by atoms with Gasteiger partial charge in [-0.1, -0.05) is 22.0 Å². The van der Waals surface area contributed by atoms with Crippen LogP contribution in [0.4, 0.5) is 15.8 Å². The van der Waals surface area contributed by atoms with E-state index < -0.39 is 28.0 Å². The summed E-state index contributed by atoms with van der Waals surface area (Å²) in [5.41, 5.74) is -0.661. The summed E-state index contributed by atoms with van der Waals surface area (Å²) in [5.74, 6) is -1.48. The molecule has 7 heteroatoms. The lowest BCUT2D eigenvalue weighted by atomic mass is 10.2. The SMILES string of the molecule is O=C(Nc1c(F)cccc1[N+](=O)[O-])c1ccc(Br)cc1. The second-order valence-electron chi connectivity index (χ2n) is 3.85. The Labute approximate surface area is 121 Å². The van der Waals surface area contributed by atoms with E-state index in [4.69, 9.17) is 0 Å². The van der Waals surface area contributed by atoms with E-state index in [9.17, 15) is 19.3 Å². The molecule has 0 atom stereocenters. The van der Waals surface area contributed by atoms with Crippen molar-refractivity contribution in [2.24, 2.45) is 0 Å². The third-order valence-corrected chi connectivity index (χ3v) is 3.06. The highest BCUT2D eigenvalue weighted by molar-refractivity contribution is 9.10. The Balaban J connectivity index is 2.32. The number of nitro benzene ring substituents is 1. The van der Waals surface area contributed by atoms with E-state index in [1.54, 1.807) is 12.1 Å². The molecule has 0 fully saturated rings. The molecule has 0 saturated heterocycles. The van der Waals surface area contributed by atoms with Crippen LogP contribution in [0.15, 0.2) is 46.9 Å². The zero-order valence-electron chi connectivity index (χ0n) is 9.97. The van der Waals surface area contributed by atoms with Crippen LogP contribution in [-0.2, 0) is 0 Å². The van der Waals surface area contributed by atoms with Gasteiger partial charge in [0.2, 0.25) is 0 Å². The van der Waals surface area contributed by atoms with Crippen LogP contribution in [0.2, 0.25) is 0 Å². The van der Waals surface area contributed by atoms with Crippen LogP contribution < -0.4 is 5.32 Å². The van der Waals surface area contributed by atoms with Crippen molar-refractivity contribution in [3.63, 3.8) is 0 Å². The molecule has 1 N–H and O–H groups in total. The summed E-state index contributed by atoms with van der Waals surface area (Å²) in [4.78, 5) is 22.0. The Kier molecular flexibility index (Phi) is 4.09. The van der Waals surface area contributed by atoms with E-state index in [0.717, 1.165) is 16.6 Å². The van der Waals surface area contributed by atoms with E-state index in [1.807, 2.05) is 0 Å². The maximum atomic E-state index is 13.6. The number of para-hydroxylation sites is 1. The molecular weight excluding hydrogens is 331 g/mol. The van der Waals surface area contributed by atoms with Crippen LogP contribution in [0.5, 0.6) is 0 Å².